The summed E-state index contributed by atoms with van der Waals surface area (Å²) in [4.78, 5) is 34.7. The Morgan fingerprint density at radius 1 is 1.21 bits per heavy atom. The first kappa shape index (κ1) is 19.8. The average Bonchev–Trinajstić information content (AvgIpc) is 3.38. The lowest BCUT2D eigenvalue weighted by Gasteiger charge is -2.29. The number of ether oxygens (including phenoxy) is 1. The normalized spacial score (nSPS) is 20.5. The number of rotatable bonds is 7. The van der Waals surface area contributed by atoms with Gasteiger partial charge < -0.3 is 14.7 Å². The summed E-state index contributed by atoms with van der Waals surface area (Å²) in [5, 5.41) is 12.4. The molecule has 4 heterocycles. The van der Waals surface area contributed by atoms with E-state index in [1.165, 1.54) is 11.3 Å². The van der Waals surface area contributed by atoms with E-state index in [1.807, 2.05) is 6.07 Å². The van der Waals surface area contributed by atoms with Gasteiger partial charge in [-0.3, -0.25) is 19.5 Å². The molecule has 152 valence electrons. The summed E-state index contributed by atoms with van der Waals surface area (Å²) in [5.41, 5.74) is 0.693. The molecule has 29 heavy (non-hydrogen) atoms. The molecule has 2 aliphatic rings. The number of hydrogen-bond donors (Lipinski definition) is 1. The van der Waals surface area contributed by atoms with Crippen molar-refractivity contribution in [1.82, 2.24) is 14.8 Å². The van der Waals surface area contributed by atoms with Gasteiger partial charge in [0.1, 0.15) is 6.04 Å². The zero-order chi connectivity index (χ0) is 20.2. The van der Waals surface area contributed by atoms with Crippen LogP contribution in [0.3, 0.4) is 0 Å². The SMILES string of the molecule is O=C(C1=C(O)C(=O)N(CCCN2CCOCC2)[C@H]1c1ccccn1)c1cccs1. The fourth-order valence-corrected chi connectivity index (χ4v) is 4.47. The minimum atomic E-state index is -0.678. The van der Waals surface area contributed by atoms with Crippen LogP contribution < -0.4 is 0 Å². The predicted octanol–water partition coefficient (Wildman–Crippen LogP) is 2.44. The van der Waals surface area contributed by atoms with E-state index in [-0.39, 0.29) is 11.4 Å². The molecule has 7 nitrogen and oxygen atoms in total. The number of aliphatic hydroxyl groups is 1. The lowest BCUT2D eigenvalue weighted by Crippen LogP contribution is -2.39. The maximum atomic E-state index is 13.1. The number of carbonyl (C=O) groups excluding carboxylic acids is 2. The standard InChI is InChI=1S/C21H23N3O4S/c25-19(16-6-3-14-29-16)17-18(15-5-1-2-7-22-15)24(21(27)20(17)26)9-4-8-23-10-12-28-13-11-23/h1-3,5-7,14,18,26H,4,8-13H2/t18-/m0/s1. The van der Waals surface area contributed by atoms with Crippen molar-refractivity contribution in [3.8, 4) is 0 Å². The number of ketones is 1. The second-order valence-corrected chi connectivity index (χ2v) is 7.98. The van der Waals surface area contributed by atoms with Crippen LogP contribution in [0.1, 0.15) is 27.8 Å². The first-order valence-corrected chi connectivity index (χ1v) is 10.6. The van der Waals surface area contributed by atoms with Crippen molar-refractivity contribution in [3.05, 3.63) is 63.8 Å². The Morgan fingerprint density at radius 3 is 2.72 bits per heavy atom. The summed E-state index contributed by atoms with van der Waals surface area (Å²) in [5.74, 6) is -1.30. The number of aliphatic hydroxyl groups excluding tert-OH is 1. The molecule has 1 amide bonds. The molecule has 1 saturated heterocycles. The van der Waals surface area contributed by atoms with E-state index in [4.69, 9.17) is 4.74 Å². The Labute approximate surface area is 173 Å². The first-order valence-electron chi connectivity index (χ1n) is 9.70. The fraction of sp³-hybridized carbons (Fsp3) is 0.381. The van der Waals surface area contributed by atoms with E-state index in [0.29, 0.717) is 17.1 Å². The number of nitrogens with zero attached hydrogens (tertiary/aromatic N) is 3. The average molecular weight is 413 g/mol. The summed E-state index contributed by atoms with van der Waals surface area (Å²) in [6, 6.07) is 8.20. The summed E-state index contributed by atoms with van der Waals surface area (Å²) < 4.78 is 5.37. The van der Waals surface area contributed by atoms with Gasteiger partial charge in [0.05, 0.1) is 29.4 Å². The van der Waals surface area contributed by atoms with Crippen LogP contribution in [0.4, 0.5) is 0 Å². The van der Waals surface area contributed by atoms with E-state index in [0.717, 1.165) is 39.3 Å². The van der Waals surface area contributed by atoms with Gasteiger partial charge in [0, 0.05) is 32.4 Å². The van der Waals surface area contributed by atoms with Gasteiger partial charge in [-0.15, -0.1) is 11.3 Å². The van der Waals surface area contributed by atoms with Crippen molar-refractivity contribution in [3.63, 3.8) is 0 Å². The van der Waals surface area contributed by atoms with Crippen LogP contribution in [0.5, 0.6) is 0 Å². The maximum absolute atomic E-state index is 13.1. The van der Waals surface area contributed by atoms with Crippen LogP contribution in [0, 0.1) is 0 Å². The minimum Gasteiger partial charge on any atom is -0.503 e. The van der Waals surface area contributed by atoms with Gasteiger partial charge in [0.15, 0.2) is 5.76 Å². The molecule has 0 unspecified atom stereocenters. The third-order valence-corrected chi connectivity index (χ3v) is 6.11. The Hall–Kier alpha value is -2.55. The largest absolute Gasteiger partial charge is 0.503 e. The van der Waals surface area contributed by atoms with Crippen LogP contribution in [0.25, 0.3) is 0 Å². The summed E-state index contributed by atoms with van der Waals surface area (Å²) >= 11 is 1.29. The molecule has 1 fully saturated rings. The third kappa shape index (κ3) is 4.10. The Balaban J connectivity index is 1.57. The molecule has 1 atom stereocenters. The van der Waals surface area contributed by atoms with E-state index < -0.39 is 17.7 Å². The molecular weight excluding hydrogens is 390 g/mol. The zero-order valence-corrected chi connectivity index (χ0v) is 16.8. The van der Waals surface area contributed by atoms with Gasteiger partial charge in [-0.25, -0.2) is 0 Å². The molecule has 0 saturated carbocycles. The van der Waals surface area contributed by atoms with E-state index >= 15 is 0 Å². The molecule has 1 N–H and O–H groups in total. The molecule has 2 aliphatic heterocycles. The molecule has 0 bridgehead atoms. The van der Waals surface area contributed by atoms with Gasteiger partial charge in [0.25, 0.3) is 5.91 Å². The van der Waals surface area contributed by atoms with Crippen LogP contribution in [0.15, 0.2) is 53.2 Å². The van der Waals surface area contributed by atoms with Crippen molar-refractivity contribution in [2.45, 2.75) is 12.5 Å². The monoisotopic (exact) mass is 413 g/mol. The molecule has 0 aliphatic carbocycles. The van der Waals surface area contributed by atoms with Gasteiger partial charge in [-0.1, -0.05) is 12.1 Å². The highest BCUT2D eigenvalue weighted by Crippen LogP contribution is 2.38. The fourth-order valence-electron chi connectivity index (χ4n) is 3.79. The third-order valence-electron chi connectivity index (χ3n) is 5.24. The topological polar surface area (TPSA) is 83.0 Å². The van der Waals surface area contributed by atoms with Crippen LogP contribution >= 0.6 is 11.3 Å². The van der Waals surface area contributed by atoms with Crippen LogP contribution in [0.2, 0.25) is 0 Å². The van der Waals surface area contributed by atoms with E-state index in [2.05, 4.69) is 9.88 Å². The lowest BCUT2D eigenvalue weighted by atomic mass is 9.99. The zero-order valence-electron chi connectivity index (χ0n) is 16.0. The number of amides is 1. The van der Waals surface area contributed by atoms with Gasteiger partial charge >= 0.3 is 0 Å². The Kier molecular flexibility index (Phi) is 6.03. The van der Waals surface area contributed by atoms with Crippen molar-refractivity contribution in [1.29, 1.82) is 0 Å². The number of thiophene rings is 1. The minimum absolute atomic E-state index is 0.113. The molecule has 2 aromatic heterocycles. The van der Waals surface area contributed by atoms with E-state index in [9.17, 15) is 14.7 Å². The number of pyridine rings is 1. The maximum Gasteiger partial charge on any atom is 0.290 e. The Morgan fingerprint density at radius 2 is 2.03 bits per heavy atom. The second-order valence-electron chi connectivity index (χ2n) is 7.03. The Bertz CT molecular complexity index is 892. The highest BCUT2D eigenvalue weighted by Gasteiger charge is 2.44. The summed E-state index contributed by atoms with van der Waals surface area (Å²) in [6.45, 7) is 4.47. The molecular formula is C21H23N3O4S. The number of Topliss-reactive ketones (excluding diaryl/α,β-unsaturated/α-hetero) is 1. The van der Waals surface area contributed by atoms with Gasteiger partial charge in [-0.05, 0) is 30.0 Å². The van der Waals surface area contributed by atoms with Crippen molar-refractivity contribution in [2.24, 2.45) is 0 Å². The number of hydrogen-bond acceptors (Lipinski definition) is 7. The lowest BCUT2D eigenvalue weighted by molar-refractivity contribution is -0.129. The molecule has 0 spiro atoms. The first-order chi connectivity index (χ1) is 14.2. The highest BCUT2D eigenvalue weighted by molar-refractivity contribution is 7.12. The molecule has 2 aromatic rings. The van der Waals surface area contributed by atoms with Crippen LogP contribution in [-0.2, 0) is 9.53 Å². The number of aromatic nitrogens is 1. The van der Waals surface area contributed by atoms with Crippen molar-refractivity contribution < 1.29 is 19.4 Å². The molecule has 0 aromatic carbocycles. The van der Waals surface area contributed by atoms with Crippen molar-refractivity contribution in [2.75, 3.05) is 39.4 Å². The second kappa shape index (κ2) is 8.86. The van der Waals surface area contributed by atoms with Crippen molar-refractivity contribution >= 4 is 23.0 Å². The van der Waals surface area contributed by atoms with Crippen LogP contribution in [-0.4, -0.2) is 71.0 Å². The number of morpholine rings is 1. The molecule has 0 radical (unpaired) electrons. The quantitative estimate of drug-likeness (QED) is 0.702. The highest BCUT2D eigenvalue weighted by atomic mass is 32.1. The number of carbonyl (C=O) groups is 2. The smallest absolute Gasteiger partial charge is 0.290 e. The van der Waals surface area contributed by atoms with E-state index in [1.54, 1.807) is 40.7 Å². The summed E-state index contributed by atoms with van der Waals surface area (Å²) in [7, 11) is 0. The predicted molar refractivity (Wildman–Crippen MR) is 109 cm³/mol. The van der Waals surface area contributed by atoms with Gasteiger partial charge in [0.2, 0.25) is 5.78 Å². The summed E-state index contributed by atoms with van der Waals surface area (Å²) in [6.07, 6.45) is 2.37. The van der Waals surface area contributed by atoms with Gasteiger partial charge in [-0.2, -0.15) is 0 Å². The molecule has 4 rings (SSSR count). The molecule has 8 heteroatoms.